The lowest BCUT2D eigenvalue weighted by atomic mass is 9.98. The lowest BCUT2D eigenvalue weighted by Crippen LogP contribution is -2.33. The Labute approximate surface area is 183 Å². The molecular weight excluding hydrogens is 400 g/mol. The third kappa shape index (κ3) is 5.14. The predicted octanol–water partition coefficient (Wildman–Crippen LogP) is 3.12. The number of hydrogen-bond acceptors (Lipinski definition) is 7. The molecule has 0 aliphatic carbocycles. The molecule has 0 atom stereocenters. The Kier molecular flexibility index (Phi) is 7.46. The van der Waals surface area contributed by atoms with E-state index in [9.17, 15) is 4.79 Å². The van der Waals surface area contributed by atoms with Crippen molar-refractivity contribution in [2.24, 2.45) is 0 Å². The van der Waals surface area contributed by atoms with Crippen LogP contribution in [0.3, 0.4) is 0 Å². The Morgan fingerprint density at radius 3 is 1.97 bits per heavy atom. The Morgan fingerprint density at radius 1 is 0.839 bits per heavy atom. The Balaban J connectivity index is 1.61. The maximum atomic E-state index is 12.6. The highest BCUT2D eigenvalue weighted by atomic mass is 16.5. The van der Waals surface area contributed by atoms with Crippen molar-refractivity contribution in [3.8, 4) is 28.7 Å². The van der Waals surface area contributed by atoms with E-state index >= 15 is 0 Å². The molecule has 2 aromatic rings. The van der Waals surface area contributed by atoms with Crippen molar-refractivity contribution in [3.63, 3.8) is 0 Å². The van der Waals surface area contributed by atoms with Crippen LogP contribution in [0.1, 0.15) is 17.5 Å². The molecule has 0 fully saturated rings. The molecule has 0 unspecified atom stereocenters. The van der Waals surface area contributed by atoms with Crippen molar-refractivity contribution in [2.75, 3.05) is 54.0 Å². The van der Waals surface area contributed by atoms with Crippen LogP contribution in [0.15, 0.2) is 24.3 Å². The first-order chi connectivity index (χ1) is 15.0. The van der Waals surface area contributed by atoms with Crippen LogP contribution < -0.4 is 29.0 Å². The van der Waals surface area contributed by atoms with Gasteiger partial charge in [0.2, 0.25) is 11.7 Å². The fourth-order valence-electron chi connectivity index (χ4n) is 3.77. The number of methoxy groups -OCH3 is 5. The predicted molar refractivity (Wildman–Crippen MR) is 118 cm³/mol. The Morgan fingerprint density at radius 2 is 1.42 bits per heavy atom. The van der Waals surface area contributed by atoms with Gasteiger partial charge < -0.3 is 29.0 Å². The molecule has 1 aliphatic rings. The lowest BCUT2D eigenvalue weighted by Gasteiger charge is -2.29. The first-order valence-electron chi connectivity index (χ1n) is 10.1. The highest BCUT2D eigenvalue weighted by Gasteiger charge is 2.20. The van der Waals surface area contributed by atoms with Crippen LogP contribution in [0, 0.1) is 0 Å². The minimum Gasteiger partial charge on any atom is -0.493 e. The number of amides is 1. The number of nitrogens with one attached hydrogen (secondary N) is 1. The molecule has 3 rings (SSSR count). The zero-order valence-electron chi connectivity index (χ0n) is 18.7. The Hall–Kier alpha value is -3.13. The van der Waals surface area contributed by atoms with Crippen LogP contribution in [0.4, 0.5) is 5.69 Å². The fourth-order valence-corrected chi connectivity index (χ4v) is 3.77. The highest BCUT2D eigenvalue weighted by molar-refractivity contribution is 5.91. The summed E-state index contributed by atoms with van der Waals surface area (Å²) in [6.45, 7) is 2.32. The second-order valence-electron chi connectivity index (χ2n) is 7.21. The summed E-state index contributed by atoms with van der Waals surface area (Å²) in [6, 6.07) is 7.51. The number of rotatable bonds is 9. The van der Waals surface area contributed by atoms with Gasteiger partial charge in [-0.15, -0.1) is 0 Å². The van der Waals surface area contributed by atoms with E-state index in [-0.39, 0.29) is 5.91 Å². The maximum Gasteiger partial charge on any atom is 0.225 e. The average Bonchev–Trinajstić information content (AvgIpc) is 2.80. The largest absolute Gasteiger partial charge is 0.493 e. The number of hydrogen-bond donors (Lipinski definition) is 1. The molecule has 1 aliphatic heterocycles. The summed E-state index contributed by atoms with van der Waals surface area (Å²) in [5, 5.41) is 2.92. The number of anilines is 1. The quantitative estimate of drug-likeness (QED) is 0.655. The van der Waals surface area contributed by atoms with Crippen LogP contribution in [-0.2, 0) is 17.8 Å². The highest BCUT2D eigenvalue weighted by Crippen LogP contribution is 2.40. The van der Waals surface area contributed by atoms with Crippen LogP contribution in [0.25, 0.3) is 0 Å². The monoisotopic (exact) mass is 430 g/mol. The van der Waals surface area contributed by atoms with Crippen LogP contribution in [-0.4, -0.2) is 59.4 Å². The normalized spacial score (nSPS) is 13.2. The molecule has 2 aromatic carbocycles. The molecule has 168 valence electrons. The molecular formula is C23H30N2O6. The molecule has 31 heavy (non-hydrogen) atoms. The van der Waals surface area contributed by atoms with E-state index in [0.717, 1.165) is 31.0 Å². The van der Waals surface area contributed by atoms with Crippen molar-refractivity contribution < 1.29 is 28.5 Å². The minimum atomic E-state index is -0.0765. The summed E-state index contributed by atoms with van der Waals surface area (Å²) in [5.74, 6) is 2.88. The number of nitrogens with zero attached hydrogens (tertiary/aromatic N) is 1. The van der Waals surface area contributed by atoms with Crippen molar-refractivity contribution in [1.82, 2.24) is 4.90 Å². The second-order valence-corrected chi connectivity index (χ2v) is 7.21. The van der Waals surface area contributed by atoms with E-state index in [1.165, 1.54) is 11.1 Å². The molecule has 1 heterocycles. The fraction of sp³-hybridized carbons (Fsp3) is 0.435. The van der Waals surface area contributed by atoms with E-state index < -0.39 is 0 Å². The third-order valence-corrected chi connectivity index (χ3v) is 5.40. The van der Waals surface area contributed by atoms with E-state index in [2.05, 4.69) is 10.2 Å². The van der Waals surface area contributed by atoms with Crippen molar-refractivity contribution >= 4 is 11.6 Å². The van der Waals surface area contributed by atoms with Crippen LogP contribution in [0.2, 0.25) is 0 Å². The number of carbonyl (C=O) groups is 1. The SMILES string of the molecule is COc1cc2c(cc1OC)CN(CCC(=O)Nc1cc(OC)c(OC)c(OC)c1)CC2. The molecule has 0 radical (unpaired) electrons. The van der Waals surface area contributed by atoms with E-state index in [4.69, 9.17) is 23.7 Å². The summed E-state index contributed by atoms with van der Waals surface area (Å²) in [6.07, 6.45) is 1.28. The summed E-state index contributed by atoms with van der Waals surface area (Å²) in [7, 11) is 7.91. The standard InChI is InChI=1S/C23H30N2O6/c1-27-18-10-15-6-8-25(14-16(15)11-19(18)28-2)9-7-22(26)24-17-12-20(29-3)23(31-5)21(13-17)30-4/h10-13H,6-9,14H2,1-5H3,(H,24,26). The average molecular weight is 431 g/mol. The third-order valence-electron chi connectivity index (χ3n) is 5.40. The van der Waals surface area contributed by atoms with Gasteiger partial charge in [0.25, 0.3) is 0 Å². The van der Waals surface area contributed by atoms with Gasteiger partial charge in [0, 0.05) is 43.9 Å². The summed E-state index contributed by atoms with van der Waals surface area (Å²) < 4.78 is 26.8. The smallest absolute Gasteiger partial charge is 0.225 e. The molecule has 1 N–H and O–H groups in total. The number of ether oxygens (including phenoxy) is 5. The van der Waals surface area contributed by atoms with E-state index in [1.807, 2.05) is 12.1 Å². The molecule has 0 spiro atoms. The van der Waals surface area contributed by atoms with Crippen molar-refractivity contribution in [1.29, 1.82) is 0 Å². The van der Waals surface area contributed by atoms with Crippen molar-refractivity contribution in [2.45, 2.75) is 19.4 Å². The first-order valence-corrected chi connectivity index (χ1v) is 10.1. The van der Waals surface area contributed by atoms with Gasteiger partial charge in [0.1, 0.15) is 0 Å². The topological polar surface area (TPSA) is 78.5 Å². The van der Waals surface area contributed by atoms with Gasteiger partial charge >= 0.3 is 0 Å². The molecule has 8 nitrogen and oxygen atoms in total. The summed E-state index contributed by atoms with van der Waals surface area (Å²) >= 11 is 0. The van der Waals surface area contributed by atoms with Crippen LogP contribution in [0.5, 0.6) is 28.7 Å². The summed E-state index contributed by atoms with van der Waals surface area (Å²) in [4.78, 5) is 14.8. The zero-order valence-corrected chi connectivity index (χ0v) is 18.7. The second kappa shape index (κ2) is 10.3. The number of carbonyl (C=O) groups excluding carboxylic acids is 1. The van der Waals surface area contributed by atoms with Gasteiger partial charge in [0.05, 0.1) is 35.5 Å². The van der Waals surface area contributed by atoms with Gasteiger partial charge in [-0.1, -0.05) is 0 Å². The number of fused-ring (bicyclic) bond motifs is 1. The van der Waals surface area contributed by atoms with Gasteiger partial charge in [-0.25, -0.2) is 0 Å². The zero-order chi connectivity index (χ0) is 22.4. The van der Waals surface area contributed by atoms with E-state index in [0.29, 0.717) is 35.9 Å². The van der Waals surface area contributed by atoms with Gasteiger partial charge in [0.15, 0.2) is 23.0 Å². The van der Waals surface area contributed by atoms with Gasteiger partial charge in [-0.05, 0) is 29.7 Å². The molecule has 0 saturated heterocycles. The molecule has 1 amide bonds. The van der Waals surface area contributed by atoms with Gasteiger partial charge in [-0.2, -0.15) is 0 Å². The molecule has 8 heteroatoms. The van der Waals surface area contributed by atoms with Crippen molar-refractivity contribution in [3.05, 3.63) is 35.4 Å². The first kappa shape index (κ1) is 22.6. The maximum absolute atomic E-state index is 12.6. The van der Waals surface area contributed by atoms with E-state index in [1.54, 1.807) is 47.7 Å². The molecule has 0 bridgehead atoms. The Bertz CT molecular complexity index is 906. The minimum absolute atomic E-state index is 0.0765. The number of benzene rings is 2. The van der Waals surface area contributed by atoms with Gasteiger partial charge in [-0.3, -0.25) is 9.69 Å². The lowest BCUT2D eigenvalue weighted by molar-refractivity contribution is -0.116. The molecule has 0 saturated carbocycles. The molecule has 0 aromatic heterocycles. The van der Waals surface area contributed by atoms with Crippen LogP contribution >= 0.6 is 0 Å². The summed E-state index contributed by atoms with van der Waals surface area (Å²) in [5.41, 5.74) is 3.06.